The zero-order valence-corrected chi connectivity index (χ0v) is 15.6. The number of halogens is 1. The van der Waals surface area contributed by atoms with Gasteiger partial charge in [0.15, 0.2) is 5.78 Å². The summed E-state index contributed by atoms with van der Waals surface area (Å²) in [5.74, 6) is 0.748. The number of Topliss-reactive ketones (excluding diaryl/α,β-unsaturated/α-hetero) is 1. The largest absolute Gasteiger partial charge is 0.396 e. The number of benzene rings is 1. The minimum absolute atomic E-state index is 0.0517. The molecular formula is C21H25ClN2O2. The summed E-state index contributed by atoms with van der Waals surface area (Å²) < 4.78 is 0. The van der Waals surface area contributed by atoms with E-state index in [4.69, 9.17) is 11.6 Å². The topological polar surface area (TPSA) is 53.4 Å². The number of rotatable bonds is 8. The van der Waals surface area contributed by atoms with Crippen LogP contribution in [0, 0.1) is 11.8 Å². The Kier molecular flexibility index (Phi) is 6.78. The Morgan fingerprint density at radius 3 is 2.62 bits per heavy atom. The van der Waals surface area contributed by atoms with E-state index in [9.17, 15) is 9.90 Å². The molecule has 0 radical (unpaired) electrons. The Morgan fingerprint density at radius 2 is 1.92 bits per heavy atom. The predicted octanol–water partition coefficient (Wildman–Crippen LogP) is 3.48. The summed E-state index contributed by atoms with van der Waals surface area (Å²) in [6.07, 6.45) is 4.77. The van der Waals surface area contributed by atoms with Crippen LogP contribution in [0.15, 0.2) is 48.7 Å². The van der Waals surface area contributed by atoms with Gasteiger partial charge in [0.2, 0.25) is 0 Å². The summed E-state index contributed by atoms with van der Waals surface area (Å²) in [4.78, 5) is 18.6. The molecule has 2 atom stereocenters. The summed E-state index contributed by atoms with van der Waals surface area (Å²) >= 11 is 5.78. The molecule has 1 aliphatic heterocycles. The van der Waals surface area contributed by atoms with E-state index >= 15 is 0 Å². The van der Waals surface area contributed by atoms with Gasteiger partial charge in [0.1, 0.15) is 5.15 Å². The molecule has 0 spiro atoms. The first-order valence-electron chi connectivity index (χ1n) is 9.17. The Balaban J connectivity index is 1.50. The monoisotopic (exact) mass is 372 g/mol. The van der Waals surface area contributed by atoms with Crippen molar-refractivity contribution >= 4 is 17.4 Å². The number of ketones is 1. The van der Waals surface area contributed by atoms with Crippen molar-refractivity contribution in [3.63, 3.8) is 0 Å². The minimum atomic E-state index is 0.0517. The van der Waals surface area contributed by atoms with Crippen LogP contribution in [0.1, 0.15) is 28.8 Å². The van der Waals surface area contributed by atoms with Crippen molar-refractivity contribution in [2.24, 2.45) is 11.8 Å². The first kappa shape index (κ1) is 19.0. The molecule has 1 aromatic heterocycles. The van der Waals surface area contributed by atoms with Gasteiger partial charge in [0.05, 0.1) is 6.54 Å². The highest BCUT2D eigenvalue weighted by atomic mass is 35.5. The van der Waals surface area contributed by atoms with E-state index in [1.54, 1.807) is 12.1 Å². The van der Waals surface area contributed by atoms with Crippen LogP contribution in [0.2, 0.25) is 5.15 Å². The van der Waals surface area contributed by atoms with Gasteiger partial charge in [-0.1, -0.05) is 41.9 Å². The predicted molar refractivity (Wildman–Crippen MR) is 103 cm³/mol. The second kappa shape index (κ2) is 9.26. The molecule has 0 unspecified atom stereocenters. The van der Waals surface area contributed by atoms with Crippen molar-refractivity contribution in [3.8, 4) is 0 Å². The van der Waals surface area contributed by atoms with Crippen LogP contribution in [0.5, 0.6) is 0 Å². The van der Waals surface area contributed by atoms with Crippen LogP contribution < -0.4 is 0 Å². The lowest BCUT2D eigenvalue weighted by Crippen LogP contribution is -2.28. The van der Waals surface area contributed by atoms with Crippen LogP contribution >= 0.6 is 11.6 Å². The standard InChI is InChI=1S/C21H25ClN2O2/c22-21-10-9-17(11-23-21)20(26)14-24-12-18(19(13-24)15-25)8-4-7-16-5-2-1-3-6-16/h1-3,5-6,9-11,18-19,25H,4,7-8,12-15H2/t18-,19-/m1/s1. The van der Waals surface area contributed by atoms with Crippen molar-refractivity contribution in [1.29, 1.82) is 0 Å². The molecule has 0 saturated carbocycles. The van der Waals surface area contributed by atoms with Crippen molar-refractivity contribution < 1.29 is 9.90 Å². The van der Waals surface area contributed by atoms with Crippen LogP contribution in [-0.4, -0.2) is 47.0 Å². The second-order valence-corrected chi connectivity index (χ2v) is 7.45. The van der Waals surface area contributed by atoms with Gasteiger partial charge in [-0.05, 0) is 48.8 Å². The van der Waals surface area contributed by atoms with Crippen LogP contribution in [0.3, 0.4) is 0 Å². The van der Waals surface area contributed by atoms with Crippen molar-refractivity contribution in [3.05, 3.63) is 64.9 Å². The summed E-state index contributed by atoms with van der Waals surface area (Å²) in [6.45, 7) is 2.20. The Hall–Kier alpha value is -1.75. The maximum Gasteiger partial charge on any atom is 0.178 e. The molecule has 5 heteroatoms. The van der Waals surface area contributed by atoms with E-state index in [0.717, 1.165) is 32.4 Å². The molecule has 0 aliphatic carbocycles. The highest BCUT2D eigenvalue weighted by Crippen LogP contribution is 2.28. The molecule has 2 aromatic rings. The van der Waals surface area contributed by atoms with Gasteiger partial charge in [0, 0.05) is 31.5 Å². The lowest BCUT2D eigenvalue weighted by atomic mass is 9.91. The molecule has 0 bridgehead atoms. The normalized spacial score (nSPS) is 20.4. The summed E-state index contributed by atoms with van der Waals surface area (Å²) in [5, 5.41) is 10.1. The third-order valence-corrected chi connectivity index (χ3v) is 5.41. The fourth-order valence-electron chi connectivity index (χ4n) is 3.75. The maximum absolute atomic E-state index is 12.4. The maximum atomic E-state index is 12.4. The lowest BCUT2D eigenvalue weighted by molar-refractivity contribution is 0.0939. The van der Waals surface area contributed by atoms with E-state index < -0.39 is 0 Å². The molecule has 26 heavy (non-hydrogen) atoms. The first-order chi connectivity index (χ1) is 12.7. The van der Waals surface area contributed by atoms with Gasteiger partial charge in [-0.15, -0.1) is 0 Å². The Bertz CT molecular complexity index is 706. The number of hydrogen-bond acceptors (Lipinski definition) is 4. The zero-order chi connectivity index (χ0) is 18.4. The number of likely N-dealkylation sites (tertiary alicyclic amines) is 1. The van der Waals surface area contributed by atoms with Gasteiger partial charge in [0.25, 0.3) is 0 Å². The summed E-state index contributed by atoms with van der Waals surface area (Å²) in [5.41, 5.74) is 1.94. The molecule has 1 N–H and O–H groups in total. The molecule has 1 aliphatic rings. The van der Waals surface area contributed by atoms with Gasteiger partial charge >= 0.3 is 0 Å². The van der Waals surface area contributed by atoms with E-state index in [1.807, 2.05) is 6.07 Å². The number of carbonyl (C=O) groups excluding carboxylic acids is 1. The van der Waals surface area contributed by atoms with Crippen LogP contribution in [0.25, 0.3) is 0 Å². The van der Waals surface area contributed by atoms with E-state index in [1.165, 1.54) is 11.8 Å². The van der Waals surface area contributed by atoms with Gasteiger partial charge in [-0.2, -0.15) is 0 Å². The number of aliphatic hydroxyl groups is 1. The Labute approximate surface area is 159 Å². The number of pyridine rings is 1. The number of aliphatic hydroxyl groups excluding tert-OH is 1. The Morgan fingerprint density at radius 1 is 1.15 bits per heavy atom. The fourth-order valence-corrected chi connectivity index (χ4v) is 3.86. The summed E-state index contributed by atoms with van der Waals surface area (Å²) in [7, 11) is 0. The quantitative estimate of drug-likeness (QED) is 0.569. The van der Waals surface area contributed by atoms with Crippen LogP contribution in [-0.2, 0) is 6.42 Å². The first-order valence-corrected chi connectivity index (χ1v) is 9.55. The molecule has 1 aromatic carbocycles. The average molecular weight is 373 g/mol. The van der Waals surface area contributed by atoms with Crippen molar-refractivity contribution in [2.45, 2.75) is 19.3 Å². The molecular weight excluding hydrogens is 348 g/mol. The molecule has 1 saturated heterocycles. The van der Waals surface area contributed by atoms with Crippen molar-refractivity contribution in [1.82, 2.24) is 9.88 Å². The third-order valence-electron chi connectivity index (χ3n) is 5.19. The minimum Gasteiger partial charge on any atom is -0.396 e. The highest BCUT2D eigenvalue weighted by Gasteiger charge is 2.32. The van der Waals surface area contributed by atoms with E-state index in [2.05, 4.69) is 34.1 Å². The van der Waals surface area contributed by atoms with Crippen molar-refractivity contribution in [2.75, 3.05) is 26.2 Å². The number of nitrogens with zero attached hydrogens (tertiary/aromatic N) is 2. The number of hydrogen-bond donors (Lipinski definition) is 1. The molecule has 3 rings (SSSR count). The van der Waals surface area contributed by atoms with Gasteiger partial charge in [-0.3, -0.25) is 9.69 Å². The number of aromatic nitrogens is 1. The van der Waals surface area contributed by atoms with Gasteiger partial charge in [-0.25, -0.2) is 4.98 Å². The lowest BCUT2D eigenvalue weighted by Gasteiger charge is -2.16. The molecule has 2 heterocycles. The van der Waals surface area contributed by atoms with E-state index in [-0.39, 0.29) is 18.3 Å². The number of carbonyl (C=O) groups is 1. The molecule has 138 valence electrons. The van der Waals surface area contributed by atoms with E-state index in [0.29, 0.717) is 23.2 Å². The van der Waals surface area contributed by atoms with Gasteiger partial charge < -0.3 is 5.11 Å². The number of aryl methyl sites for hydroxylation is 1. The highest BCUT2D eigenvalue weighted by molar-refractivity contribution is 6.29. The molecule has 1 fully saturated rings. The third kappa shape index (κ3) is 5.13. The molecule has 0 amide bonds. The van der Waals surface area contributed by atoms with Crippen LogP contribution in [0.4, 0.5) is 0 Å². The zero-order valence-electron chi connectivity index (χ0n) is 14.9. The SMILES string of the molecule is O=C(CN1C[C@@H](CCCc2ccccc2)[C@@H](CO)C1)c1ccc(Cl)nc1. The molecule has 4 nitrogen and oxygen atoms in total. The second-order valence-electron chi connectivity index (χ2n) is 7.07. The fraction of sp³-hybridized carbons (Fsp3) is 0.429. The average Bonchev–Trinajstić information content (AvgIpc) is 3.04. The smallest absolute Gasteiger partial charge is 0.178 e. The summed E-state index contributed by atoms with van der Waals surface area (Å²) in [6, 6.07) is 13.8.